The molecule has 1 aromatic rings. The Bertz CT molecular complexity index is 315. The molecule has 0 aliphatic heterocycles. The second-order valence-corrected chi connectivity index (χ2v) is 5.47. The summed E-state index contributed by atoms with van der Waals surface area (Å²) in [6.07, 6.45) is 1.18. The van der Waals surface area contributed by atoms with Crippen LogP contribution in [0.3, 0.4) is 0 Å². The number of hydrogen-bond acceptors (Lipinski definition) is 0. The Morgan fingerprint density at radius 2 is 1.87 bits per heavy atom. The minimum Gasteiger partial charge on any atom is -0.0925 e. The minimum atomic E-state index is 0.628. The first kappa shape index (κ1) is 12.8. The van der Waals surface area contributed by atoms with Crippen LogP contribution in [-0.2, 0) is 6.42 Å². The molecule has 0 radical (unpaired) electrons. The molecule has 15 heavy (non-hydrogen) atoms. The van der Waals surface area contributed by atoms with Gasteiger partial charge in [0.05, 0.1) is 0 Å². The van der Waals surface area contributed by atoms with Crippen LogP contribution in [0.2, 0.25) is 0 Å². The van der Waals surface area contributed by atoms with Gasteiger partial charge in [-0.15, -0.1) is 0 Å². The number of aryl methyl sites for hydroxylation is 1. The molecule has 0 saturated heterocycles. The molecule has 1 unspecified atom stereocenters. The summed E-state index contributed by atoms with van der Waals surface area (Å²) in [7, 11) is 0. The summed E-state index contributed by atoms with van der Waals surface area (Å²) in [5, 5.41) is 1.08. The number of halogens is 1. The molecule has 0 N–H and O–H groups in total. The van der Waals surface area contributed by atoms with Gasteiger partial charge in [0.15, 0.2) is 0 Å². The van der Waals surface area contributed by atoms with Crippen molar-refractivity contribution in [3.8, 4) is 0 Å². The summed E-state index contributed by atoms with van der Waals surface area (Å²) in [4.78, 5) is 0. The van der Waals surface area contributed by atoms with Gasteiger partial charge in [-0.1, -0.05) is 60.5 Å². The second-order valence-electron chi connectivity index (χ2n) is 4.82. The molecule has 0 amide bonds. The van der Waals surface area contributed by atoms with E-state index in [1.807, 2.05) is 0 Å². The number of hydrogen-bond donors (Lipinski definition) is 0. The smallest absolute Gasteiger partial charge is 0.00602 e. The molecule has 0 nitrogen and oxygen atoms in total. The Kier molecular flexibility index (Phi) is 4.85. The lowest BCUT2D eigenvalue weighted by Crippen LogP contribution is -2.05. The van der Waals surface area contributed by atoms with E-state index in [4.69, 9.17) is 0 Å². The first-order valence-electron chi connectivity index (χ1n) is 5.70. The molecule has 0 heterocycles. The monoisotopic (exact) mass is 268 g/mol. The van der Waals surface area contributed by atoms with Crippen molar-refractivity contribution in [2.75, 3.05) is 5.33 Å². The largest absolute Gasteiger partial charge is 0.0925 e. The maximum Gasteiger partial charge on any atom is 0.00602 e. The molecule has 1 rings (SSSR count). The first-order chi connectivity index (χ1) is 7.04. The lowest BCUT2D eigenvalue weighted by molar-refractivity contribution is 0.653. The fourth-order valence-corrected chi connectivity index (χ4v) is 2.13. The number of benzene rings is 1. The van der Waals surface area contributed by atoms with Crippen LogP contribution in [0.4, 0.5) is 0 Å². The molecular weight excluding hydrogens is 248 g/mol. The summed E-state index contributed by atoms with van der Waals surface area (Å²) >= 11 is 3.55. The van der Waals surface area contributed by atoms with Crippen molar-refractivity contribution in [2.45, 2.75) is 40.0 Å². The summed E-state index contributed by atoms with van der Waals surface area (Å²) in [5.41, 5.74) is 4.40. The van der Waals surface area contributed by atoms with E-state index in [9.17, 15) is 0 Å². The zero-order chi connectivity index (χ0) is 11.4. The third-order valence-electron chi connectivity index (χ3n) is 2.75. The highest BCUT2D eigenvalue weighted by atomic mass is 79.9. The fourth-order valence-electron chi connectivity index (χ4n) is 1.90. The van der Waals surface area contributed by atoms with Gasteiger partial charge in [0, 0.05) is 5.33 Å². The molecule has 1 heteroatoms. The highest BCUT2D eigenvalue weighted by molar-refractivity contribution is 9.09. The lowest BCUT2D eigenvalue weighted by Gasteiger charge is -2.16. The van der Waals surface area contributed by atoms with E-state index in [1.54, 1.807) is 0 Å². The molecule has 84 valence electrons. The molecule has 0 aliphatic carbocycles. The van der Waals surface area contributed by atoms with Crippen molar-refractivity contribution in [1.82, 2.24) is 0 Å². The van der Waals surface area contributed by atoms with Crippen LogP contribution in [-0.4, -0.2) is 5.33 Å². The van der Waals surface area contributed by atoms with Gasteiger partial charge in [0.25, 0.3) is 0 Å². The average Bonchev–Trinajstić information content (AvgIpc) is 2.17. The molecule has 0 aromatic heterocycles. The predicted molar refractivity (Wildman–Crippen MR) is 71.9 cm³/mol. The van der Waals surface area contributed by atoms with E-state index >= 15 is 0 Å². The van der Waals surface area contributed by atoms with Gasteiger partial charge in [-0.05, 0) is 36.3 Å². The highest BCUT2D eigenvalue weighted by Gasteiger charge is 2.09. The van der Waals surface area contributed by atoms with Crippen LogP contribution >= 0.6 is 15.9 Å². The van der Waals surface area contributed by atoms with E-state index < -0.39 is 0 Å². The van der Waals surface area contributed by atoms with Crippen molar-refractivity contribution in [2.24, 2.45) is 5.92 Å². The molecule has 0 saturated carbocycles. The third-order valence-corrected chi connectivity index (χ3v) is 3.86. The van der Waals surface area contributed by atoms with E-state index in [2.05, 4.69) is 61.8 Å². The van der Waals surface area contributed by atoms with Crippen LogP contribution in [0.25, 0.3) is 0 Å². The zero-order valence-electron chi connectivity index (χ0n) is 10.2. The summed E-state index contributed by atoms with van der Waals surface area (Å²) in [5.74, 6) is 1.34. The van der Waals surface area contributed by atoms with Crippen LogP contribution in [0.15, 0.2) is 18.2 Å². The third kappa shape index (κ3) is 3.64. The SMILES string of the molecule is Cc1ccc(C(C)C)c(CC(C)CBr)c1. The molecule has 1 aromatic carbocycles. The average molecular weight is 269 g/mol. The second kappa shape index (κ2) is 5.69. The maximum atomic E-state index is 3.55. The van der Waals surface area contributed by atoms with Crippen molar-refractivity contribution in [1.29, 1.82) is 0 Å². The van der Waals surface area contributed by atoms with Crippen LogP contribution in [0.1, 0.15) is 43.4 Å². The molecule has 0 spiro atoms. The quantitative estimate of drug-likeness (QED) is 0.695. The normalized spacial score (nSPS) is 13.2. The maximum absolute atomic E-state index is 3.55. The Morgan fingerprint density at radius 1 is 1.20 bits per heavy atom. The van der Waals surface area contributed by atoms with Crippen molar-refractivity contribution in [3.05, 3.63) is 34.9 Å². The zero-order valence-corrected chi connectivity index (χ0v) is 11.8. The van der Waals surface area contributed by atoms with Crippen LogP contribution < -0.4 is 0 Å². The Hall–Kier alpha value is -0.300. The molecule has 1 atom stereocenters. The predicted octanol–water partition coefficient (Wildman–Crippen LogP) is 4.69. The van der Waals surface area contributed by atoms with Crippen LogP contribution in [0.5, 0.6) is 0 Å². The van der Waals surface area contributed by atoms with Crippen molar-refractivity contribution < 1.29 is 0 Å². The van der Waals surface area contributed by atoms with Crippen molar-refractivity contribution in [3.63, 3.8) is 0 Å². The molecular formula is C14H21Br. The molecule has 0 bridgehead atoms. The van der Waals surface area contributed by atoms with E-state index in [-0.39, 0.29) is 0 Å². The highest BCUT2D eigenvalue weighted by Crippen LogP contribution is 2.23. The van der Waals surface area contributed by atoms with E-state index in [0.717, 1.165) is 5.33 Å². The summed E-state index contributed by atoms with van der Waals surface area (Å²) < 4.78 is 0. The van der Waals surface area contributed by atoms with Gasteiger partial charge in [-0.25, -0.2) is 0 Å². The molecule has 0 aliphatic rings. The van der Waals surface area contributed by atoms with Gasteiger partial charge in [-0.2, -0.15) is 0 Å². The Morgan fingerprint density at radius 3 is 2.40 bits per heavy atom. The summed E-state index contributed by atoms with van der Waals surface area (Å²) in [6, 6.07) is 6.85. The summed E-state index contributed by atoms with van der Waals surface area (Å²) in [6.45, 7) is 9.01. The number of rotatable bonds is 4. The van der Waals surface area contributed by atoms with Gasteiger partial charge in [0.1, 0.15) is 0 Å². The van der Waals surface area contributed by atoms with Crippen LogP contribution in [0, 0.1) is 12.8 Å². The molecule has 0 fully saturated rings. The standard InChI is InChI=1S/C14H21Br/c1-10(2)14-6-5-11(3)7-13(14)8-12(4)9-15/h5-7,10,12H,8-9H2,1-4H3. The fraction of sp³-hybridized carbons (Fsp3) is 0.571. The van der Waals surface area contributed by atoms with Gasteiger partial charge in [0.2, 0.25) is 0 Å². The Labute approximate surface area is 102 Å². The lowest BCUT2D eigenvalue weighted by atomic mass is 9.90. The minimum absolute atomic E-state index is 0.628. The first-order valence-corrected chi connectivity index (χ1v) is 6.82. The number of alkyl halides is 1. The van der Waals surface area contributed by atoms with Gasteiger partial charge >= 0.3 is 0 Å². The van der Waals surface area contributed by atoms with E-state index in [0.29, 0.717) is 11.8 Å². The topological polar surface area (TPSA) is 0 Å². The van der Waals surface area contributed by atoms with Gasteiger partial charge < -0.3 is 0 Å². The van der Waals surface area contributed by atoms with Gasteiger partial charge in [-0.3, -0.25) is 0 Å². The van der Waals surface area contributed by atoms with E-state index in [1.165, 1.54) is 23.1 Å². The van der Waals surface area contributed by atoms with Crippen molar-refractivity contribution >= 4 is 15.9 Å². The Balaban J connectivity index is 2.96.